The Labute approximate surface area is 107 Å². The van der Waals surface area contributed by atoms with E-state index < -0.39 is 0 Å². The normalized spacial score (nSPS) is 28.7. The van der Waals surface area contributed by atoms with E-state index in [0.717, 1.165) is 50.3 Å². The van der Waals surface area contributed by atoms with E-state index in [0.29, 0.717) is 12.6 Å². The molecule has 0 aromatic rings. The minimum Gasteiger partial charge on any atom is -0.381 e. The minimum atomic E-state index is 0.0140. The predicted octanol–water partition coefficient (Wildman–Crippen LogP) is 0.395. The highest BCUT2D eigenvalue weighted by Crippen LogP contribution is 2.28. The van der Waals surface area contributed by atoms with Gasteiger partial charge in [-0.2, -0.15) is 8.97 Å². The molecular formula is C13H21FN3O+. The van der Waals surface area contributed by atoms with Gasteiger partial charge in [-0.3, -0.25) is 5.32 Å². The van der Waals surface area contributed by atoms with Crippen molar-refractivity contribution in [2.75, 3.05) is 33.4 Å². The second kappa shape index (κ2) is 5.07. The molecule has 0 aromatic carbocycles. The largest absolute Gasteiger partial charge is 0.381 e. The van der Waals surface area contributed by atoms with Crippen molar-refractivity contribution in [3.05, 3.63) is 11.4 Å². The molecule has 3 rings (SSSR count). The third-order valence-corrected chi connectivity index (χ3v) is 4.10. The van der Waals surface area contributed by atoms with E-state index in [-0.39, 0.29) is 12.0 Å². The highest BCUT2D eigenvalue weighted by atomic mass is 19.1. The number of rotatable bonds is 4. The minimum absolute atomic E-state index is 0.0140. The Morgan fingerprint density at radius 2 is 2.17 bits per heavy atom. The standard InChI is InChI=1S/C13H21FN3O/c1-15-13-12-11(14)9(2-5-17(12)13)8-16-10-3-6-18-7-4-10/h10,13,15-16H,2-8H2,1H3/q+1. The quantitative estimate of drug-likeness (QED) is 0.713. The van der Waals surface area contributed by atoms with Crippen molar-refractivity contribution in [1.82, 2.24) is 10.6 Å². The maximum Gasteiger partial charge on any atom is 0.299 e. The van der Waals surface area contributed by atoms with Gasteiger partial charge < -0.3 is 10.1 Å². The molecule has 1 saturated heterocycles. The molecule has 1 fully saturated rings. The van der Waals surface area contributed by atoms with Gasteiger partial charge in [-0.05, 0) is 25.5 Å². The molecule has 3 aliphatic rings. The lowest BCUT2D eigenvalue weighted by atomic mass is 10.1. The summed E-state index contributed by atoms with van der Waals surface area (Å²) in [5, 5.41) is 6.58. The first-order valence-corrected chi connectivity index (χ1v) is 6.81. The van der Waals surface area contributed by atoms with Crippen LogP contribution in [0.2, 0.25) is 0 Å². The first-order valence-electron chi connectivity index (χ1n) is 6.81. The fraction of sp³-hybridized carbons (Fsp3) is 0.769. The number of ether oxygens (including phenoxy) is 1. The van der Waals surface area contributed by atoms with Crippen LogP contribution >= 0.6 is 0 Å². The number of nitrogens with one attached hydrogen (secondary N) is 2. The third-order valence-electron chi connectivity index (χ3n) is 4.10. The van der Waals surface area contributed by atoms with E-state index in [2.05, 4.69) is 15.2 Å². The molecule has 5 heteroatoms. The Bertz CT molecular complexity index is 399. The second-order valence-corrected chi connectivity index (χ2v) is 5.20. The monoisotopic (exact) mass is 254 g/mol. The van der Waals surface area contributed by atoms with Gasteiger partial charge in [0.25, 0.3) is 11.9 Å². The van der Waals surface area contributed by atoms with Crippen molar-refractivity contribution in [3.63, 3.8) is 0 Å². The van der Waals surface area contributed by atoms with Crippen molar-refractivity contribution in [1.29, 1.82) is 0 Å². The number of hydrogen-bond acceptors (Lipinski definition) is 3. The maximum absolute atomic E-state index is 14.2. The van der Waals surface area contributed by atoms with E-state index in [1.165, 1.54) is 0 Å². The van der Waals surface area contributed by atoms with Gasteiger partial charge in [0, 0.05) is 32.2 Å². The summed E-state index contributed by atoms with van der Waals surface area (Å²) in [7, 11) is 1.88. The molecule has 18 heavy (non-hydrogen) atoms. The van der Waals surface area contributed by atoms with Crippen LogP contribution in [-0.2, 0) is 4.74 Å². The maximum atomic E-state index is 14.2. The van der Waals surface area contributed by atoms with Gasteiger partial charge in [-0.15, -0.1) is 0 Å². The lowest BCUT2D eigenvalue weighted by molar-refractivity contribution is -0.475. The summed E-state index contributed by atoms with van der Waals surface area (Å²) >= 11 is 0. The van der Waals surface area contributed by atoms with E-state index in [4.69, 9.17) is 4.74 Å². The van der Waals surface area contributed by atoms with Crippen LogP contribution in [0.1, 0.15) is 19.3 Å². The molecule has 1 atom stereocenters. The molecule has 0 radical (unpaired) electrons. The summed E-state index contributed by atoms with van der Waals surface area (Å²) in [5.41, 5.74) is 1.79. The number of halogens is 1. The van der Waals surface area contributed by atoms with Crippen molar-refractivity contribution >= 4 is 5.71 Å². The molecule has 0 aromatic heterocycles. The lowest BCUT2D eigenvalue weighted by Crippen LogP contribution is -2.36. The lowest BCUT2D eigenvalue weighted by Gasteiger charge is -2.23. The smallest absolute Gasteiger partial charge is 0.299 e. The van der Waals surface area contributed by atoms with Crippen molar-refractivity contribution in [2.24, 2.45) is 0 Å². The summed E-state index contributed by atoms with van der Waals surface area (Å²) in [6, 6.07) is 0.487. The summed E-state index contributed by atoms with van der Waals surface area (Å²) in [5.74, 6) is 0.0140. The zero-order valence-corrected chi connectivity index (χ0v) is 10.8. The molecule has 0 spiro atoms. The summed E-state index contributed by atoms with van der Waals surface area (Å²) in [6.07, 6.45) is 3.06. The fourth-order valence-electron chi connectivity index (χ4n) is 2.90. The second-order valence-electron chi connectivity index (χ2n) is 5.20. The van der Waals surface area contributed by atoms with Gasteiger partial charge in [0.2, 0.25) is 0 Å². The Balaban J connectivity index is 1.56. The molecule has 0 aliphatic carbocycles. The molecule has 0 bridgehead atoms. The van der Waals surface area contributed by atoms with Crippen LogP contribution in [0.15, 0.2) is 11.4 Å². The van der Waals surface area contributed by atoms with Gasteiger partial charge in [-0.1, -0.05) is 0 Å². The van der Waals surface area contributed by atoms with E-state index in [1.54, 1.807) is 0 Å². The molecule has 0 saturated carbocycles. The topological polar surface area (TPSA) is 36.3 Å². The predicted molar refractivity (Wildman–Crippen MR) is 67.6 cm³/mol. The van der Waals surface area contributed by atoms with Gasteiger partial charge >= 0.3 is 0 Å². The van der Waals surface area contributed by atoms with Crippen LogP contribution in [0.25, 0.3) is 0 Å². The zero-order valence-electron chi connectivity index (χ0n) is 10.8. The van der Waals surface area contributed by atoms with Crippen LogP contribution in [0, 0.1) is 0 Å². The molecular weight excluding hydrogens is 233 g/mol. The molecule has 3 heterocycles. The van der Waals surface area contributed by atoms with Crippen molar-refractivity contribution in [2.45, 2.75) is 31.5 Å². The SMILES string of the molecule is CNC1C2=[N+]1CCC(CNC1CCOCC1)=C2F. The van der Waals surface area contributed by atoms with Crippen LogP contribution in [0.3, 0.4) is 0 Å². The van der Waals surface area contributed by atoms with E-state index in [9.17, 15) is 4.39 Å². The van der Waals surface area contributed by atoms with Crippen LogP contribution in [-0.4, -0.2) is 55.8 Å². The molecule has 100 valence electrons. The van der Waals surface area contributed by atoms with Crippen LogP contribution in [0.4, 0.5) is 4.39 Å². The van der Waals surface area contributed by atoms with Gasteiger partial charge in [0.1, 0.15) is 6.54 Å². The molecule has 4 nitrogen and oxygen atoms in total. The Morgan fingerprint density at radius 1 is 1.39 bits per heavy atom. The van der Waals surface area contributed by atoms with Crippen molar-refractivity contribution < 1.29 is 13.7 Å². The molecule has 1 unspecified atom stereocenters. The van der Waals surface area contributed by atoms with Crippen molar-refractivity contribution in [3.8, 4) is 0 Å². The number of nitrogens with zero attached hydrogens (tertiary/aromatic N) is 1. The van der Waals surface area contributed by atoms with E-state index >= 15 is 0 Å². The van der Waals surface area contributed by atoms with Gasteiger partial charge in [0.05, 0.1) is 0 Å². The average molecular weight is 254 g/mol. The third kappa shape index (κ3) is 2.22. The Hall–Kier alpha value is -0.780. The molecule has 3 aliphatic heterocycles. The van der Waals surface area contributed by atoms with Crippen LogP contribution in [0.5, 0.6) is 0 Å². The Morgan fingerprint density at radius 3 is 2.89 bits per heavy atom. The summed E-state index contributed by atoms with van der Waals surface area (Å²) < 4.78 is 21.6. The van der Waals surface area contributed by atoms with Crippen LogP contribution < -0.4 is 10.6 Å². The summed E-state index contributed by atoms with van der Waals surface area (Å²) in [4.78, 5) is 0. The molecule has 2 N–H and O–H groups in total. The number of hydrogen-bond donors (Lipinski definition) is 2. The zero-order chi connectivity index (χ0) is 12.5. The molecule has 0 amide bonds. The first kappa shape index (κ1) is 12.3. The average Bonchev–Trinajstić information content (AvgIpc) is 3.13. The summed E-state index contributed by atoms with van der Waals surface area (Å²) in [6.45, 7) is 3.28. The highest BCUT2D eigenvalue weighted by Gasteiger charge is 2.53. The highest BCUT2D eigenvalue weighted by molar-refractivity contribution is 6.04. The fourth-order valence-corrected chi connectivity index (χ4v) is 2.90. The first-order chi connectivity index (χ1) is 8.81. The van der Waals surface area contributed by atoms with Gasteiger partial charge in [0.15, 0.2) is 5.83 Å². The van der Waals surface area contributed by atoms with E-state index in [1.807, 2.05) is 7.05 Å². The van der Waals surface area contributed by atoms with Gasteiger partial charge in [-0.25, -0.2) is 0 Å². The Kier molecular flexibility index (Phi) is 3.46.